The van der Waals surface area contributed by atoms with Crippen LogP contribution in [0, 0.1) is 17.0 Å². The number of para-hydroxylation sites is 2. The normalized spacial score (nSPS) is 19.7. The third kappa shape index (κ3) is 4.24. The summed E-state index contributed by atoms with van der Waals surface area (Å²) in [4.78, 5) is 49.4. The van der Waals surface area contributed by atoms with Crippen molar-refractivity contribution in [2.45, 2.75) is 45.3 Å². The molecule has 0 saturated carbocycles. The van der Waals surface area contributed by atoms with Crippen LogP contribution in [0.4, 0.5) is 8.78 Å². The van der Waals surface area contributed by atoms with E-state index >= 15 is 0 Å². The number of halogens is 2. The van der Waals surface area contributed by atoms with Gasteiger partial charge < -0.3 is 25.1 Å². The molecule has 2 aromatic heterocycles. The summed E-state index contributed by atoms with van der Waals surface area (Å²) in [6.07, 6.45) is 0.637. The summed E-state index contributed by atoms with van der Waals surface area (Å²) < 4.78 is 28.3. The van der Waals surface area contributed by atoms with Gasteiger partial charge in [0.2, 0.25) is 5.91 Å². The van der Waals surface area contributed by atoms with E-state index in [0.29, 0.717) is 41.5 Å². The first-order valence-corrected chi connectivity index (χ1v) is 13.0. The second-order valence-corrected chi connectivity index (χ2v) is 11.5. The van der Waals surface area contributed by atoms with Crippen LogP contribution < -0.4 is 5.32 Å². The number of fused-ring (bicyclic) bond motifs is 4. The summed E-state index contributed by atoms with van der Waals surface area (Å²) in [6, 6.07) is 11.3. The fourth-order valence-electron chi connectivity index (χ4n) is 5.84. The molecule has 3 amide bonds. The Morgan fingerprint density at radius 2 is 1.41 bits per heavy atom. The maximum atomic E-state index is 14.1. The number of hydrogen-bond donors (Lipinski definition) is 3. The fourth-order valence-corrected chi connectivity index (χ4v) is 5.84. The SMILES string of the molecule is CC(C)(C)[C@H](NC(=O)c1cc2cccc(F)c2[nH]1)C(=O)N1C[C@@H]2C[C@H]1CN2C(=O)c1cc2cccc(F)c2[nH]1. The van der Waals surface area contributed by atoms with Gasteiger partial charge >= 0.3 is 0 Å². The number of likely N-dealkylation sites (tertiary alicyclic amines) is 2. The molecule has 0 aliphatic carbocycles. The first-order valence-electron chi connectivity index (χ1n) is 13.0. The lowest BCUT2D eigenvalue weighted by molar-refractivity contribution is -0.138. The molecule has 3 N–H and O–H groups in total. The van der Waals surface area contributed by atoms with Crippen molar-refractivity contribution in [1.82, 2.24) is 25.1 Å². The molecule has 4 heterocycles. The summed E-state index contributed by atoms with van der Waals surface area (Å²) in [5, 5.41) is 4.06. The van der Waals surface area contributed by atoms with Crippen LogP contribution >= 0.6 is 0 Å². The van der Waals surface area contributed by atoms with Gasteiger partial charge in [-0.05, 0) is 36.1 Å². The summed E-state index contributed by atoms with van der Waals surface area (Å²) in [5.41, 5.74) is 0.418. The van der Waals surface area contributed by atoms with Crippen molar-refractivity contribution < 1.29 is 23.2 Å². The monoisotopic (exact) mass is 533 g/mol. The molecule has 4 aromatic rings. The maximum Gasteiger partial charge on any atom is 0.270 e. The van der Waals surface area contributed by atoms with E-state index in [2.05, 4.69) is 15.3 Å². The molecule has 2 saturated heterocycles. The Kier molecular flexibility index (Phi) is 5.74. The summed E-state index contributed by atoms with van der Waals surface area (Å²) in [6.45, 7) is 6.34. The van der Waals surface area contributed by atoms with Crippen molar-refractivity contribution in [2.75, 3.05) is 13.1 Å². The van der Waals surface area contributed by atoms with E-state index in [1.165, 1.54) is 12.1 Å². The Bertz CT molecular complexity index is 1630. The van der Waals surface area contributed by atoms with Gasteiger partial charge in [0.05, 0.1) is 23.1 Å². The minimum Gasteiger partial charge on any atom is -0.348 e. The van der Waals surface area contributed by atoms with Gasteiger partial charge in [-0.3, -0.25) is 14.4 Å². The molecule has 0 unspecified atom stereocenters. The van der Waals surface area contributed by atoms with E-state index in [-0.39, 0.29) is 35.1 Å². The van der Waals surface area contributed by atoms with Gasteiger partial charge in [-0.2, -0.15) is 0 Å². The molecule has 0 radical (unpaired) electrons. The number of H-pyrrole nitrogens is 2. The Morgan fingerprint density at radius 3 is 1.95 bits per heavy atom. The molecule has 2 fully saturated rings. The van der Waals surface area contributed by atoms with Gasteiger partial charge in [-0.1, -0.05) is 45.0 Å². The molecular formula is C29H29F2N5O3. The van der Waals surface area contributed by atoms with Gasteiger partial charge in [0.1, 0.15) is 29.1 Å². The zero-order chi connectivity index (χ0) is 27.6. The predicted molar refractivity (Wildman–Crippen MR) is 142 cm³/mol. The third-order valence-corrected chi connectivity index (χ3v) is 7.86. The van der Waals surface area contributed by atoms with Gasteiger partial charge in [0, 0.05) is 23.9 Å². The highest BCUT2D eigenvalue weighted by Crippen LogP contribution is 2.34. The van der Waals surface area contributed by atoms with E-state index < -0.39 is 29.0 Å². The Balaban J connectivity index is 1.17. The largest absolute Gasteiger partial charge is 0.348 e. The van der Waals surface area contributed by atoms with Crippen LogP contribution in [0.5, 0.6) is 0 Å². The molecule has 8 nitrogen and oxygen atoms in total. The standard InChI is InChI=1S/C29H29F2N5O3/c1-29(2,3)25(34-26(37)21-10-15-6-4-8-19(30)23(15)32-21)28(39)36-14-17-12-18(36)13-35(17)27(38)22-11-16-7-5-9-20(31)24(16)33-22/h4-11,17-18,25,32-33H,12-14H2,1-3H3,(H,34,37)/t17-,18-,25+/m0/s1. The van der Waals surface area contributed by atoms with Crippen LogP contribution in [0.25, 0.3) is 21.8 Å². The molecule has 2 bridgehead atoms. The predicted octanol–water partition coefficient (Wildman–Crippen LogP) is 4.20. The molecule has 2 aliphatic rings. The molecule has 6 rings (SSSR count). The topological polar surface area (TPSA) is 101 Å². The second-order valence-electron chi connectivity index (χ2n) is 11.5. The van der Waals surface area contributed by atoms with E-state index in [0.717, 1.165) is 0 Å². The van der Waals surface area contributed by atoms with Crippen molar-refractivity contribution in [2.24, 2.45) is 5.41 Å². The third-order valence-electron chi connectivity index (χ3n) is 7.86. The quantitative estimate of drug-likeness (QED) is 0.367. The van der Waals surface area contributed by atoms with E-state index in [4.69, 9.17) is 0 Å². The zero-order valence-corrected chi connectivity index (χ0v) is 21.8. The number of nitrogens with one attached hydrogen (secondary N) is 3. The molecule has 2 aromatic carbocycles. The molecule has 2 aliphatic heterocycles. The maximum absolute atomic E-state index is 14.1. The molecule has 3 atom stereocenters. The van der Waals surface area contributed by atoms with Gasteiger partial charge in [-0.25, -0.2) is 8.78 Å². The van der Waals surface area contributed by atoms with Crippen molar-refractivity contribution in [1.29, 1.82) is 0 Å². The van der Waals surface area contributed by atoms with Gasteiger partial charge in [0.15, 0.2) is 0 Å². The van der Waals surface area contributed by atoms with Crippen LogP contribution in [0.2, 0.25) is 0 Å². The number of rotatable bonds is 4. The van der Waals surface area contributed by atoms with Crippen molar-refractivity contribution in [3.05, 3.63) is 71.6 Å². The Labute approximate surface area is 223 Å². The highest BCUT2D eigenvalue weighted by atomic mass is 19.1. The zero-order valence-electron chi connectivity index (χ0n) is 21.8. The summed E-state index contributed by atoms with van der Waals surface area (Å²) in [7, 11) is 0. The lowest BCUT2D eigenvalue weighted by atomic mass is 9.85. The number of aromatic nitrogens is 2. The van der Waals surface area contributed by atoms with Crippen molar-refractivity contribution >= 4 is 39.5 Å². The minimum absolute atomic E-state index is 0.171. The fraction of sp³-hybridized carbons (Fsp3) is 0.345. The first-order chi connectivity index (χ1) is 18.5. The van der Waals surface area contributed by atoms with Crippen molar-refractivity contribution in [3.8, 4) is 0 Å². The number of hydrogen-bond acceptors (Lipinski definition) is 3. The second kappa shape index (κ2) is 8.93. The lowest BCUT2D eigenvalue weighted by Gasteiger charge is -2.39. The van der Waals surface area contributed by atoms with Crippen LogP contribution in [-0.2, 0) is 4.79 Å². The number of piperazine rings is 1. The first kappa shape index (κ1) is 25.1. The van der Waals surface area contributed by atoms with Crippen LogP contribution in [0.15, 0.2) is 48.5 Å². The van der Waals surface area contributed by atoms with Crippen LogP contribution in [0.1, 0.15) is 48.2 Å². The summed E-state index contributed by atoms with van der Waals surface area (Å²) >= 11 is 0. The lowest BCUT2D eigenvalue weighted by Crippen LogP contribution is -2.59. The van der Waals surface area contributed by atoms with E-state index in [1.807, 2.05) is 20.8 Å². The number of amides is 3. The van der Waals surface area contributed by atoms with Gasteiger partial charge in [0.25, 0.3) is 11.8 Å². The van der Waals surface area contributed by atoms with Gasteiger partial charge in [-0.15, -0.1) is 0 Å². The highest BCUT2D eigenvalue weighted by molar-refractivity contribution is 6.01. The minimum atomic E-state index is -0.832. The number of carbonyl (C=O) groups is 3. The Hall–Kier alpha value is -4.21. The average Bonchev–Trinajstić information content (AvgIpc) is 3.68. The smallest absolute Gasteiger partial charge is 0.270 e. The van der Waals surface area contributed by atoms with E-state index in [1.54, 1.807) is 46.2 Å². The molecular weight excluding hydrogens is 504 g/mol. The number of nitrogens with zero attached hydrogens (tertiary/aromatic N) is 2. The number of aromatic amines is 2. The van der Waals surface area contributed by atoms with E-state index in [9.17, 15) is 23.2 Å². The summed E-state index contributed by atoms with van der Waals surface area (Å²) in [5.74, 6) is -1.81. The molecule has 39 heavy (non-hydrogen) atoms. The molecule has 0 spiro atoms. The van der Waals surface area contributed by atoms with Crippen LogP contribution in [-0.4, -0.2) is 68.7 Å². The molecule has 10 heteroatoms. The Morgan fingerprint density at radius 1 is 0.872 bits per heavy atom. The number of carbonyl (C=O) groups excluding carboxylic acids is 3. The number of benzene rings is 2. The highest BCUT2D eigenvalue weighted by Gasteiger charge is 2.50. The molecule has 202 valence electrons. The van der Waals surface area contributed by atoms with Crippen LogP contribution in [0.3, 0.4) is 0 Å². The van der Waals surface area contributed by atoms with Crippen molar-refractivity contribution in [3.63, 3.8) is 0 Å². The average molecular weight is 534 g/mol.